The minimum Gasteiger partial charge on any atom is -0.325 e. The van der Waals surface area contributed by atoms with Gasteiger partial charge >= 0.3 is 0 Å². The van der Waals surface area contributed by atoms with Gasteiger partial charge in [0.2, 0.25) is 5.91 Å². The van der Waals surface area contributed by atoms with Crippen LogP contribution in [0.4, 0.5) is 5.69 Å². The molecule has 1 aliphatic rings. The lowest BCUT2D eigenvalue weighted by Gasteiger charge is -2.11. The molecule has 0 aromatic heterocycles. The molecule has 0 spiro atoms. The highest BCUT2D eigenvalue weighted by Crippen LogP contribution is 2.26. The SMILES string of the molecule is CC(SC1=NCCS1)C(=O)Nc1ccc(I)cc1. The van der Waals surface area contributed by atoms with Crippen LogP contribution in [0, 0.1) is 3.57 Å². The smallest absolute Gasteiger partial charge is 0.237 e. The Bertz CT molecular complexity index is 462. The van der Waals surface area contributed by atoms with Crippen molar-refractivity contribution in [2.75, 3.05) is 17.6 Å². The third kappa shape index (κ3) is 4.17. The number of nitrogens with one attached hydrogen (secondary N) is 1. The van der Waals surface area contributed by atoms with Gasteiger partial charge in [0.15, 0.2) is 0 Å². The number of nitrogens with zero attached hydrogens (tertiary/aromatic N) is 1. The maximum Gasteiger partial charge on any atom is 0.237 e. The van der Waals surface area contributed by atoms with E-state index >= 15 is 0 Å². The van der Waals surface area contributed by atoms with Gasteiger partial charge in [0.25, 0.3) is 0 Å². The summed E-state index contributed by atoms with van der Waals surface area (Å²) in [6.45, 7) is 2.78. The Morgan fingerprint density at radius 1 is 1.50 bits per heavy atom. The lowest BCUT2D eigenvalue weighted by molar-refractivity contribution is -0.115. The number of hydrogen-bond donors (Lipinski definition) is 1. The molecule has 0 radical (unpaired) electrons. The van der Waals surface area contributed by atoms with E-state index in [0.29, 0.717) is 0 Å². The van der Waals surface area contributed by atoms with Gasteiger partial charge in [-0.1, -0.05) is 23.5 Å². The summed E-state index contributed by atoms with van der Waals surface area (Å²) >= 11 is 5.51. The van der Waals surface area contributed by atoms with Crippen LogP contribution in [0.5, 0.6) is 0 Å². The number of anilines is 1. The van der Waals surface area contributed by atoms with Gasteiger partial charge in [-0.3, -0.25) is 9.79 Å². The van der Waals surface area contributed by atoms with Gasteiger partial charge in [-0.2, -0.15) is 0 Å². The Kier molecular flexibility index (Phi) is 5.38. The van der Waals surface area contributed by atoms with E-state index in [1.807, 2.05) is 31.2 Å². The average molecular weight is 392 g/mol. The molecule has 0 fully saturated rings. The van der Waals surface area contributed by atoms with Crippen molar-refractivity contribution >= 4 is 62.1 Å². The van der Waals surface area contributed by atoms with Gasteiger partial charge < -0.3 is 5.32 Å². The molecule has 0 saturated carbocycles. The van der Waals surface area contributed by atoms with Crippen LogP contribution < -0.4 is 5.32 Å². The zero-order valence-corrected chi connectivity index (χ0v) is 13.6. The molecule has 1 heterocycles. The van der Waals surface area contributed by atoms with Crippen LogP contribution in [0.3, 0.4) is 0 Å². The first-order chi connectivity index (χ1) is 8.65. The molecule has 0 saturated heterocycles. The number of amides is 1. The fourth-order valence-electron chi connectivity index (χ4n) is 1.37. The quantitative estimate of drug-likeness (QED) is 0.802. The van der Waals surface area contributed by atoms with E-state index in [0.717, 1.165) is 25.9 Å². The summed E-state index contributed by atoms with van der Waals surface area (Å²) in [6.07, 6.45) is 0. The first kappa shape index (κ1) is 14.2. The van der Waals surface area contributed by atoms with Gasteiger partial charge in [0.05, 0.1) is 11.8 Å². The fourth-order valence-corrected chi connectivity index (χ4v) is 3.86. The maximum atomic E-state index is 12.0. The fraction of sp³-hybridized carbons (Fsp3) is 0.333. The van der Waals surface area contributed by atoms with E-state index in [1.165, 1.54) is 11.8 Å². The third-order valence-corrected chi connectivity index (χ3v) is 5.34. The van der Waals surface area contributed by atoms with Gasteiger partial charge in [0, 0.05) is 15.0 Å². The Hall–Kier alpha value is -0.210. The molecule has 18 heavy (non-hydrogen) atoms. The van der Waals surface area contributed by atoms with E-state index in [9.17, 15) is 4.79 Å². The van der Waals surface area contributed by atoms with Crippen LogP contribution in [0.25, 0.3) is 0 Å². The van der Waals surface area contributed by atoms with E-state index < -0.39 is 0 Å². The van der Waals surface area contributed by atoms with Crippen molar-refractivity contribution in [1.29, 1.82) is 0 Å². The molecule has 1 aromatic carbocycles. The minimum atomic E-state index is -0.117. The first-order valence-electron chi connectivity index (χ1n) is 5.55. The third-order valence-electron chi connectivity index (χ3n) is 2.32. The molecular weight excluding hydrogens is 379 g/mol. The number of benzene rings is 1. The van der Waals surface area contributed by atoms with Crippen LogP contribution in [-0.2, 0) is 4.79 Å². The summed E-state index contributed by atoms with van der Waals surface area (Å²) in [7, 11) is 0. The topological polar surface area (TPSA) is 41.5 Å². The highest BCUT2D eigenvalue weighted by Gasteiger charge is 2.18. The molecule has 1 unspecified atom stereocenters. The summed E-state index contributed by atoms with van der Waals surface area (Å²) in [5.74, 6) is 1.06. The zero-order valence-electron chi connectivity index (χ0n) is 9.85. The largest absolute Gasteiger partial charge is 0.325 e. The van der Waals surface area contributed by atoms with Crippen LogP contribution in [0.15, 0.2) is 29.3 Å². The summed E-state index contributed by atoms with van der Waals surface area (Å²) < 4.78 is 2.19. The van der Waals surface area contributed by atoms with Gasteiger partial charge in [-0.25, -0.2) is 0 Å². The number of aliphatic imine (C=N–C) groups is 1. The van der Waals surface area contributed by atoms with E-state index in [-0.39, 0.29) is 11.2 Å². The zero-order chi connectivity index (χ0) is 13.0. The molecule has 1 atom stereocenters. The van der Waals surface area contributed by atoms with Crippen molar-refractivity contribution in [3.63, 3.8) is 0 Å². The monoisotopic (exact) mass is 392 g/mol. The van der Waals surface area contributed by atoms with Crippen LogP contribution in [-0.4, -0.2) is 27.8 Å². The van der Waals surface area contributed by atoms with E-state index in [2.05, 4.69) is 32.9 Å². The molecule has 1 N–H and O–H groups in total. The molecule has 1 aliphatic heterocycles. The van der Waals surface area contributed by atoms with E-state index in [4.69, 9.17) is 0 Å². The number of carbonyl (C=O) groups is 1. The standard InChI is InChI=1S/C12H13IN2OS2/c1-8(18-12-14-6-7-17-12)11(16)15-10-4-2-9(13)3-5-10/h2-5,8H,6-7H2,1H3,(H,15,16). The number of halogens is 1. The molecular formula is C12H13IN2OS2. The molecule has 1 amide bonds. The molecule has 6 heteroatoms. The van der Waals surface area contributed by atoms with Gasteiger partial charge in [-0.15, -0.1) is 0 Å². The summed E-state index contributed by atoms with van der Waals surface area (Å²) in [4.78, 5) is 16.3. The lowest BCUT2D eigenvalue weighted by Crippen LogP contribution is -2.23. The maximum absolute atomic E-state index is 12.0. The molecule has 2 rings (SSSR count). The predicted octanol–water partition coefficient (Wildman–Crippen LogP) is 3.45. The molecule has 0 aliphatic carbocycles. The van der Waals surface area contributed by atoms with Gasteiger partial charge in [-0.05, 0) is 53.8 Å². The van der Waals surface area contributed by atoms with Crippen molar-refractivity contribution < 1.29 is 4.79 Å². The number of thioether (sulfide) groups is 2. The number of rotatable bonds is 3. The summed E-state index contributed by atoms with van der Waals surface area (Å²) in [6, 6.07) is 7.79. The second-order valence-electron chi connectivity index (χ2n) is 3.75. The van der Waals surface area contributed by atoms with Crippen molar-refractivity contribution in [3.05, 3.63) is 27.8 Å². The molecule has 0 bridgehead atoms. The van der Waals surface area contributed by atoms with Crippen LogP contribution >= 0.6 is 46.1 Å². The van der Waals surface area contributed by atoms with Crippen molar-refractivity contribution in [2.45, 2.75) is 12.2 Å². The second kappa shape index (κ2) is 6.81. The van der Waals surface area contributed by atoms with Crippen LogP contribution in [0.1, 0.15) is 6.92 Å². The van der Waals surface area contributed by atoms with Crippen molar-refractivity contribution in [2.24, 2.45) is 4.99 Å². The normalized spacial score (nSPS) is 16.2. The van der Waals surface area contributed by atoms with Crippen molar-refractivity contribution in [1.82, 2.24) is 0 Å². The Morgan fingerprint density at radius 2 is 2.22 bits per heavy atom. The number of hydrogen-bond acceptors (Lipinski definition) is 4. The highest BCUT2D eigenvalue weighted by molar-refractivity contribution is 14.1. The van der Waals surface area contributed by atoms with Crippen molar-refractivity contribution in [3.8, 4) is 0 Å². The Labute approximate surface area is 129 Å². The second-order valence-corrected chi connectivity index (χ2v) is 7.67. The predicted molar refractivity (Wildman–Crippen MR) is 89.6 cm³/mol. The first-order valence-corrected chi connectivity index (χ1v) is 8.50. The average Bonchev–Trinajstić information content (AvgIpc) is 2.85. The van der Waals surface area contributed by atoms with Crippen LogP contribution in [0.2, 0.25) is 0 Å². The molecule has 96 valence electrons. The number of carbonyl (C=O) groups excluding carboxylic acids is 1. The minimum absolute atomic E-state index is 0.0245. The Morgan fingerprint density at radius 3 is 2.83 bits per heavy atom. The summed E-state index contributed by atoms with van der Waals surface area (Å²) in [5, 5.41) is 2.80. The van der Waals surface area contributed by atoms with E-state index in [1.54, 1.807) is 11.8 Å². The molecule has 3 nitrogen and oxygen atoms in total. The highest BCUT2D eigenvalue weighted by atomic mass is 127. The summed E-state index contributed by atoms with van der Waals surface area (Å²) in [5.41, 5.74) is 0.842. The Balaban J connectivity index is 1.88. The van der Waals surface area contributed by atoms with Gasteiger partial charge in [0.1, 0.15) is 4.38 Å². The molecule has 1 aromatic rings. The lowest BCUT2D eigenvalue weighted by atomic mass is 10.3.